The summed E-state index contributed by atoms with van der Waals surface area (Å²) in [7, 11) is 1.74. The molecule has 0 heterocycles. The molecule has 1 N–H and O–H groups in total. The van der Waals surface area contributed by atoms with Gasteiger partial charge in [-0.25, -0.2) is 0 Å². The lowest BCUT2D eigenvalue weighted by Crippen LogP contribution is -2.19. The molecule has 0 aliphatic carbocycles. The van der Waals surface area contributed by atoms with Gasteiger partial charge in [-0.3, -0.25) is 0 Å². The summed E-state index contributed by atoms with van der Waals surface area (Å²) in [5, 5.41) is 4.32. The van der Waals surface area contributed by atoms with Crippen molar-refractivity contribution in [3.8, 4) is 0 Å². The van der Waals surface area contributed by atoms with Crippen molar-refractivity contribution < 1.29 is 4.74 Å². The third-order valence-electron chi connectivity index (χ3n) is 2.90. The van der Waals surface area contributed by atoms with E-state index in [1.165, 1.54) is 10.5 Å². The fraction of sp³-hybridized carbons (Fsp3) is 0.600. The second kappa shape index (κ2) is 9.65. The Hall–Kier alpha value is -0.220. The smallest absolute Gasteiger partial charge is 0.0470 e. The van der Waals surface area contributed by atoms with E-state index in [9.17, 15) is 0 Å². The molecule has 4 heteroatoms. The van der Waals surface area contributed by atoms with Crippen LogP contribution in [0.3, 0.4) is 0 Å². The Morgan fingerprint density at radius 2 is 2.21 bits per heavy atom. The van der Waals surface area contributed by atoms with E-state index in [0.717, 1.165) is 36.8 Å². The van der Waals surface area contributed by atoms with Crippen molar-refractivity contribution in [1.29, 1.82) is 0 Å². The maximum absolute atomic E-state index is 6.37. The second-order valence-electron chi connectivity index (χ2n) is 4.55. The van der Waals surface area contributed by atoms with E-state index in [0.29, 0.717) is 6.04 Å². The number of methoxy groups -OCH3 is 1. The zero-order valence-corrected chi connectivity index (χ0v) is 13.6. The first-order valence-corrected chi connectivity index (χ1v) is 8.20. The number of thioether (sulfide) groups is 1. The van der Waals surface area contributed by atoms with Gasteiger partial charge in [0, 0.05) is 35.4 Å². The molecule has 1 aromatic rings. The minimum atomic E-state index is 0.306. The van der Waals surface area contributed by atoms with Crippen molar-refractivity contribution in [2.24, 2.45) is 0 Å². The second-order valence-corrected chi connectivity index (χ2v) is 6.13. The van der Waals surface area contributed by atoms with Crippen molar-refractivity contribution in [3.63, 3.8) is 0 Å². The van der Waals surface area contributed by atoms with Gasteiger partial charge in [0.2, 0.25) is 0 Å². The summed E-state index contributed by atoms with van der Waals surface area (Å²) in [5.41, 5.74) is 1.18. The van der Waals surface area contributed by atoms with Crippen LogP contribution in [0.2, 0.25) is 5.02 Å². The molecule has 108 valence electrons. The van der Waals surface area contributed by atoms with E-state index in [4.69, 9.17) is 16.3 Å². The Labute approximate surface area is 126 Å². The van der Waals surface area contributed by atoms with Gasteiger partial charge in [-0.05, 0) is 44.0 Å². The molecule has 0 fully saturated rings. The number of hydrogen-bond acceptors (Lipinski definition) is 3. The van der Waals surface area contributed by atoms with Gasteiger partial charge in [-0.15, -0.1) is 11.8 Å². The predicted octanol–water partition coefficient (Wildman–Crippen LogP) is 4.53. The molecule has 0 amide bonds. The van der Waals surface area contributed by atoms with Crippen molar-refractivity contribution >= 4 is 23.4 Å². The fourth-order valence-electron chi connectivity index (χ4n) is 1.81. The molecule has 1 rings (SSSR count). The minimum Gasteiger partial charge on any atom is -0.385 e. The van der Waals surface area contributed by atoms with Crippen LogP contribution in [0.15, 0.2) is 23.1 Å². The van der Waals surface area contributed by atoms with Crippen LogP contribution in [0, 0.1) is 0 Å². The maximum Gasteiger partial charge on any atom is 0.0470 e. The first-order chi connectivity index (χ1) is 9.19. The van der Waals surface area contributed by atoms with Crippen molar-refractivity contribution in [1.82, 2.24) is 5.32 Å². The van der Waals surface area contributed by atoms with Crippen LogP contribution < -0.4 is 5.32 Å². The largest absolute Gasteiger partial charge is 0.385 e. The van der Waals surface area contributed by atoms with Gasteiger partial charge >= 0.3 is 0 Å². The SMILES string of the molecule is CCCNC(C)c1ccc(SCCCOC)cc1Cl. The van der Waals surface area contributed by atoms with Crippen LogP contribution in [0.4, 0.5) is 0 Å². The third kappa shape index (κ3) is 6.17. The number of nitrogens with one attached hydrogen (secondary N) is 1. The summed E-state index contributed by atoms with van der Waals surface area (Å²) in [6, 6.07) is 6.66. The maximum atomic E-state index is 6.37. The van der Waals surface area contributed by atoms with Gasteiger partial charge in [0.25, 0.3) is 0 Å². The molecule has 2 nitrogen and oxygen atoms in total. The Morgan fingerprint density at radius 1 is 1.42 bits per heavy atom. The van der Waals surface area contributed by atoms with E-state index < -0.39 is 0 Å². The van der Waals surface area contributed by atoms with E-state index in [1.54, 1.807) is 7.11 Å². The Balaban J connectivity index is 2.53. The number of benzene rings is 1. The molecular weight excluding hydrogens is 278 g/mol. The third-order valence-corrected chi connectivity index (χ3v) is 4.31. The number of hydrogen-bond donors (Lipinski definition) is 1. The topological polar surface area (TPSA) is 21.3 Å². The average Bonchev–Trinajstić information content (AvgIpc) is 2.41. The van der Waals surface area contributed by atoms with Crippen LogP contribution in [0.1, 0.15) is 38.3 Å². The Kier molecular flexibility index (Phi) is 8.55. The summed E-state index contributed by atoms with van der Waals surface area (Å²) in [6.07, 6.45) is 2.20. The first kappa shape index (κ1) is 16.8. The Morgan fingerprint density at radius 3 is 2.84 bits per heavy atom. The van der Waals surface area contributed by atoms with E-state index in [2.05, 4.69) is 37.4 Å². The highest BCUT2D eigenvalue weighted by Crippen LogP contribution is 2.28. The first-order valence-electron chi connectivity index (χ1n) is 6.83. The summed E-state index contributed by atoms with van der Waals surface area (Å²) < 4.78 is 5.04. The van der Waals surface area contributed by atoms with E-state index >= 15 is 0 Å². The van der Waals surface area contributed by atoms with E-state index in [1.807, 2.05) is 11.8 Å². The molecule has 0 saturated heterocycles. The van der Waals surface area contributed by atoms with Gasteiger partial charge in [0.15, 0.2) is 0 Å². The lowest BCUT2D eigenvalue weighted by atomic mass is 10.1. The number of ether oxygens (including phenoxy) is 1. The number of rotatable bonds is 9. The quantitative estimate of drug-likeness (QED) is 0.535. The molecule has 0 aliphatic heterocycles. The standard InChI is InChI=1S/C15H24ClNOS/c1-4-8-17-12(2)14-7-6-13(11-15(14)16)19-10-5-9-18-3/h6-7,11-12,17H,4-5,8-10H2,1-3H3. The zero-order chi connectivity index (χ0) is 14.1. The van der Waals surface area contributed by atoms with Crippen LogP contribution in [-0.2, 0) is 4.74 Å². The average molecular weight is 302 g/mol. The summed E-state index contributed by atoms with van der Waals surface area (Å²) >= 11 is 8.19. The molecule has 0 bridgehead atoms. The monoisotopic (exact) mass is 301 g/mol. The molecule has 1 unspecified atom stereocenters. The van der Waals surface area contributed by atoms with Gasteiger partial charge < -0.3 is 10.1 Å². The molecule has 1 aromatic carbocycles. The normalized spacial score (nSPS) is 12.6. The highest BCUT2D eigenvalue weighted by Gasteiger charge is 2.09. The Bertz CT molecular complexity index is 373. The van der Waals surface area contributed by atoms with Crippen LogP contribution in [0.25, 0.3) is 0 Å². The van der Waals surface area contributed by atoms with Crippen LogP contribution >= 0.6 is 23.4 Å². The van der Waals surface area contributed by atoms with Gasteiger partial charge in [0.05, 0.1) is 0 Å². The highest BCUT2D eigenvalue weighted by atomic mass is 35.5. The summed E-state index contributed by atoms with van der Waals surface area (Å²) in [5.74, 6) is 1.06. The van der Waals surface area contributed by atoms with Crippen molar-refractivity contribution in [2.45, 2.75) is 37.6 Å². The zero-order valence-electron chi connectivity index (χ0n) is 12.0. The van der Waals surface area contributed by atoms with Crippen LogP contribution in [0.5, 0.6) is 0 Å². The highest BCUT2D eigenvalue weighted by molar-refractivity contribution is 7.99. The molecule has 0 aliphatic rings. The molecule has 0 spiro atoms. The van der Waals surface area contributed by atoms with E-state index in [-0.39, 0.29) is 0 Å². The lowest BCUT2D eigenvalue weighted by molar-refractivity contribution is 0.200. The molecule has 1 atom stereocenters. The summed E-state index contributed by atoms with van der Waals surface area (Å²) in [6.45, 7) is 6.16. The predicted molar refractivity (Wildman–Crippen MR) is 85.4 cm³/mol. The van der Waals surface area contributed by atoms with Gasteiger partial charge in [0.1, 0.15) is 0 Å². The molecule has 0 aromatic heterocycles. The molecule has 19 heavy (non-hydrogen) atoms. The van der Waals surface area contributed by atoms with Crippen molar-refractivity contribution in [2.75, 3.05) is 26.0 Å². The van der Waals surface area contributed by atoms with Gasteiger partial charge in [-0.2, -0.15) is 0 Å². The fourth-order valence-corrected chi connectivity index (χ4v) is 3.09. The number of halogens is 1. The molecular formula is C15H24ClNOS. The van der Waals surface area contributed by atoms with Gasteiger partial charge in [-0.1, -0.05) is 24.6 Å². The molecule has 0 saturated carbocycles. The molecule has 0 radical (unpaired) electrons. The lowest BCUT2D eigenvalue weighted by Gasteiger charge is -2.16. The van der Waals surface area contributed by atoms with Crippen molar-refractivity contribution in [3.05, 3.63) is 28.8 Å². The van der Waals surface area contributed by atoms with Crippen LogP contribution in [-0.4, -0.2) is 26.0 Å². The minimum absolute atomic E-state index is 0.306. The summed E-state index contributed by atoms with van der Waals surface area (Å²) in [4.78, 5) is 1.23.